The number of carbonyl (C=O) groups excluding carboxylic acids is 5. The van der Waals surface area contributed by atoms with Crippen LogP contribution in [0.4, 0.5) is 0 Å². The number of thiophene rings is 1. The van der Waals surface area contributed by atoms with Gasteiger partial charge in [-0.15, -0.1) is 11.3 Å². The molecule has 5 heterocycles. The zero-order valence-corrected chi connectivity index (χ0v) is 28.0. The Kier molecular flexibility index (Phi) is 9.90. The van der Waals surface area contributed by atoms with Gasteiger partial charge in [0, 0.05) is 19.0 Å². The molecule has 49 heavy (non-hydrogen) atoms. The molecular formula is C34H37N7O7S. The van der Waals surface area contributed by atoms with Gasteiger partial charge in [-0.25, -0.2) is 9.97 Å². The fourth-order valence-electron chi connectivity index (χ4n) is 5.99. The number of rotatable bonds is 6. The lowest BCUT2D eigenvalue weighted by Gasteiger charge is -2.25. The van der Waals surface area contributed by atoms with Crippen molar-refractivity contribution >= 4 is 40.9 Å². The largest absolute Gasteiger partial charge is 0.446 e. The van der Waals surface area contributed by atoms with E-state index in [1.807, 2.05) is 44.2 Å². The van der Waals surface area contributed by atoms with Crippen LogP contribution in [-0.4, -0.2) is 69.1 Å². The molecule has 2 aliphatic heterocycles. The number of hydrogen-bond donors (Lipinski definition) is 4. The van der Waals surface area contributed by atoms with Crippen LogP contribution in [0.15, 0.2) is 69.2 Å². The van der Waals surface area contributed by atoms with E-state index in [2.05, 4.69) is 31.2 Å². The van der Waals surface area contributed by atoms with Gasteiger partial charge in [-0.05, 0) is 42.7 Å². The van der Waals surface area contributed by atoms with E-state index < -0.39 is 53.8 Å². The van der Waals surface area contributed by atoms with Gasteiger partial charge in [0.2, 0.25) is 23.6 Å². The van der Waals surface area contributed by atoms with Crippen LogP contribution in [0.1, 0.15) is 93.7 Å². The minimum atomic E-state index is -1.01. The second kappa shape index (κ2) is 14.4. The van der Waals surface area contributed by atoms with E-state index in [4.69, 9.17) is 8.83 Å². The highest BCUT2D eigenvalue weighted by Gasteiger charge is 2.42. The molecule has 2 aliphatic rings. The third kappa shape index (κ3) is 7.72. The Morgan fingerprint density at radius 3 is 2.41 bits per heavy atom. The van der Waals surface area contributed by atoms with Crippen LogP contribution in [0, 0.1) is 5.92 Å². The van der Waals surface area contributed by atoms with Crippen molar-refractivity contribution in [1.82, 2.24) is 36.1 Å². The summed E-state index contributed by atoms with van der Waals surface area (Å²) in [6.07, 6.45) is 3.08. The van der Waals surface area contributed by atoms with Crippen LogP contribution in [0.25, 0.3) is 0 Å². The van der Waals surface area contributed by atoms with Crippen LogP contribution >= 0.6 is 11.3 Å². The molecule has 1 fully saturated rings. The number of benzene rings is 1. The van der Waals surface area contributed by atoms with Crippen LogP contribution in [-0.2, 0) is 16.0 Å². The summed E-state index contributed by atoms with van der Waals surface area (Å²) >= 11 is 1.28. The summed E-state index contributed by atoms with van der Waals surface area (Å²) in [4.78, 5) is 78.4. The Hall–Kier alpha value is -5.31. The Bertz CT molecular complexity index is 1820. The summed E-state index contributed by atoms with van der Waals surface area (Å²) in [5.41, 5.74) is 0.729. The molecule has 4 N–H and O–H groups in total. The molecule has 6 rings (SSSR count). The Labute approximate surface area is 286 Å². The lowest BCUT2D eigenvalue weighted by atomic mass is 10.0. The molecule has 5 amide bonds. The van der Waals surface area contributed by atoms with Gasteiger partial charge in [0.25, 0.3) is 17.7 Å². The van der Waals surface area contributed by atoms with Gasteiger partial charge in [0.1, 0.15) is 36.7 Å². The van der Waals surface area contributed by atoms with Crippen LogP contribution in [0.5, 0.6) is 0 Å². The van der Waals surface area contributed by atoms with Crippen LogP contribution < -0.4 is 21.3 Å². The monoisotopic (exact) mass is 687 g/mol. The lowest BCUT2D eigenvalue weighted by molar-refractivity contribution is -0.126. The predicted molar refractivity (Wildman–Crippen MR) is 176 cm³/mol. The summed E-state index contributed by atoms with van der Waals surface area (Å²) in [5.74, 6) is -2.29. The van der Waals surface area contributed by atoms with Gasteiger partial charge < -0.3 is 35.0 Å². The molecule has 15 heteroatoms. The van der Waals surface area contributed by atoms with Gasteiger partial charge in [-0.1, -0.05) is 50.2 Å². The molecular weight excluding hydrogens is 650 g/mol. The van der Waals surface area contributed by atoms with Gasteiger partial charge in [-0.3, -0.25) is 24.0 Å². The number of fused-ring (bicyclic) bond motifs is 5. The molecule has 4 bridgehead atoms. The molecule has 3 aromatic heterocycles. The highest BCUT2D eigenvalue weighted by atomic mass is 32.1. The van der Waals surface area contributed by atoms with Crippen molar-refractivity contribution in [3.63, 3.8) is 0 Å². The molecule has 0 radical (unpaired) electrons. The van der Waals surface area contributed by atoms with E-state index >= 15 is 0 Å². The van der Waals surface area contributed by atoms with Crippen LogP contribution in [0.3, 0.4) is 0 Å². The molecule has 256 valence electrons. The lowest BCUT2D eigenvalue weighted by Crippen LogP contribution is -2.48. The third-order valence-corrected chi connectivity index (χ3v) is 9.26. The van der Waals surface area contributed by atoms with Crippen molar-refractivity contribution in [2.24, 2.45) is 5.92 Å². The quantitative estimate of drug-likeness (QED) is 0.236. The molecule has 0 spiro atoms. The molecule has 1 saturated heterocycles. The average molecular weight is 688 g/mol. The zero-order chi connectivity index (χ0) is 34.7. The molecule has 0 unspecified atom stereocenters. The van der Waals surface area contributed by atoms with E-state index in [9.17, 15) is 24.0 Å². The number of aromatic nitrogens is 2. The fourth-order valence-corrected chi connectivity index (χ4v) is 6.62. The molecule has 4 aromatic rings. The van der Waals surface area contributed by atoms with Gasteiger partial charge in [0.05, 0.1) is 4.88 Å². The minimum absolute atomic E-state index is 0.0338. The first-order valence-corrected chi connectivity index (χ1v) is 17.0. The van der Waals surface area contributed by atoms with Crippen molar-refractivity contribution in [1.29, 1.82) is 0 Å². The minimum Gasteiger partial charge on any atom is -0.446 e. The van der Waals surface area contributed by atoms with E-state index in [1.54, 1.807) is 24.4 Å². The maximum atomic E-state index is 14.1. The smallest absolute Gasteiger partial charge is 0.276 e. The SMILES string of the molecule is CC(C)C[C@H]1NC(=O)c2coc(n2)[C@H](Cc2ccccc2)NC(=O)[C@@H]2C[C@H](NC(=O)c3cccs3)CN2C(=O)c2coc(n2)[C@@H](C)NC1=O. The van der Waals surface area contributed by atoms with Crippen molar-refractivity contribution in [3.8, 4) is 0 Å². The third-order valence-electron chi connectivity index (χ3n) is 8.40. The number of carbonyl (C=O) groups is 5. The van der Waals surface area contributed by atoms with Crippen LogP contribution in [0.2, 0.25) is 0 Å². The zero-order valence-electron chi connectivity index (χ0n) is 27.2. The van der Waals surface area contributed by atoms with Crippen molar-refractivity contribution < 1.29 is 32.8 Å². The summed E-state index contributed by atoms with van der Waals surface area (Å²) in [7, 11) is 0. The number of oxazole rings is 2. The van der Waals surface area contributed by atoms with E-state index in [0.717, 1.165) is 5.56 Å². The van der Waals surface area contributed by atoms with Crippen molar-refractivity contribution in [3.05, 3.63) is 94.0 Å². The number of hydrogen-bond acceptors (Lipinski definition) is 10. The first kappa shape index (κ1) is 33.6. The molecule has 0 aliphatic carbocycles. The average Bonchev–Trinajstić information content (AvgIpc) is 3.90. The highest BCUT2D eigenvalue weighted by Crippen LogP contribution is 2.26. The number of nitrogens with zero attached hydrogens (tertiary/aromatic N) is 3. The fraction of sp³-hybridized carbons (Fsp3) is 0.382. The van der Waals surface area contributed by atoms with Crippen molar-refractivity contribution in [2.45, 2.75) is 70.2 Å². The molecule has 14 nitrogen and oxygen atoms in total. The molecule has 1 aromatic carbocycles. The Morgan fingerprint density at radius 1 is 0.939 bits per heavy atom. The topological polar surface area (TPSA) is 189 Å². The molecule has 5 atom stereocenters. The first-order valence-electron chi connectivity index (χ1n) is 16.1. The second-order valence-electron chi connectivity index (χ2n) is 12.6. The Morgan fingerprint density at radius 2 is 1.67 bits per heavy atom. The van der Waals surface area contributed by atoms with E-state index in [-0.39, 0.29) is 54.4 Å². The number of nitrogens with one attached hydrogen (secondary N) is 4. The summed E-state index contributed by atoms with van der Waals surface area (Å²) in [6, 6.07) is 8.75. The second-order valence-corrected chi connectivity index (χ2v) is 13.6. The summed E-state index contributed by atoms with van der Waals surface area (Å²) < 4.78 is 11.4. The highest BCUT2D eigenvalue weighted by molar-refractivity contribution is 7.12. The Balaban J connectivity index is 1.36. The van der Waals surface area contributed by atoms with Gasteiger partial charge >= 0.3 is 0 Å². The number of amides is 5. The van der Waals surface area contributed by atoms with Gasteiger partial charge in [0.15, 0.2) is 11.4 Å². The van der Waals surface area contributed by atoms with Gasteiger partial charge in [-0.2, -0.15) is 0 Å². The standard InChI is InChI=1S/C34H37N7O7S/c1-18(2)12-22-28(42)35-19(3)32-40-25(17-47-32)34(46)41-15-21(36-31(45)27-10-7-11-49-27)14-26(41)30(44)38-23(13-20-8-5-4-6-9-20)33-39-24(16-48-33)29(43)37-22/h4-11,16-19,21-23,26H,12-15H2,1-3H3,(H,35,42)(H,36,45)(H,37,43)(H,38,44)/t19-,21+,22-,23+,26+/m1/s1. The summed E-state index contributed by atoms with van der Waals surface area (Å²) in [6.45, 7) is 5.53. The maximum absolute atomic E-state index is 14.1. The molecule has 0 saturated carbocycles. The summed E-state index contributed by atoms with van der Waals surface area (Å²) in [5, 5.41) is 13.3. The van der Waals surface area contributed by atoms with E-state index in [1.165, 1.54) is 28.8 Å². The normalized spacial score (nSPS) is 23.3. The first-order chi connectivity index (χ1) is 23.5. The predicted octanol–water partition coefficient (Wildman–Crippen LogP) is 3.17. The van der Waals surface area contributed by atoms with E-state index in [0.29, 0.717) is 11.3 Å². The van der Waals surface area contributed by atoms with Crippen molar-refractivity contribution in [2.75, 3.05) is 6.54 Å². The maximum Gasteiger partial charge on any atom is 0.276 e.